The fraction of sp³-hybridized carbons (Fsp3) is 0.333. The third kappa shape index (κ3) is 4.45. The Bertz CT molecular complexity index is 834. The normalized spacial score (nSPS) is 11.1. The largest absolute Gasteiger partial charge is 0.462 e. The van der Waals surface area contributed by atoms with E-state index >= 15 is 0 Å². The van der Waals surface area contributed by atoms with Crippen LogP contribution in [0.5, 0.6) is 0 Å². The van der Waals surface area contributed by atoms with E-state index in [1.165, 1.54) is 0 Å². The number of hydrogen-bond acceptors (Lipinski definition) is 6. The van der Waals surface area contributed by atoms with Crippen LogP contribution >= 0.6 is 11.3 Å². The van der Waals surface area contributed by atoms with Gasteiger partial charge in [-0.1, -0.05) is 32.9 Å². The lowest BCUT2D eigenvalue weighted by atomic mass is 9.87. The lowest BCUT2D eigenvalue weighted by Crippen LogP contribution is -2.15. The minimum atomic E-state index is -0.713. The maximum absolute atomic E-state index is 12.5. The van der Waals surface area contributed by atoms with Gasteiger partial charge in [0.1, 0.15) is 10.6 Å². The van der Waals surface area contributed by atoms with Crippen molar-refractivity contribution >= 4 is 33.2 Å². The molecule has 1 amide bonds. The summed E-state index contributed by atoms with van der Waals surface area (Å²) in [6, 6.07) is 8.20. The van der Waals surface area contributed by atoms with E-state index < -0.39 is 16.8 Å². The lowest BCUT2D eigenvalue weighted by Gasteiger charge is -2.19. The Balaban J connectivity index is 2.27. The van der Waals surface area contributed by atoms with E-state index in [-0.39, 0.29) is 27.6 Å². The van der Waals surface area contributed by atoms with E-state index in [1.807, 2.05) is 12.1 Å². The molecule has 26 heavy (non-hydrogen) atoms. The average molecular weight is 376 g/mol. The number of esters is 1. The molecule has 0 aliphatic carbocycles. The van der Waals surface area contributed by atoms with Gasteiger partial charge in [0.25, 0.3) is 5.91 Å². The third-order valence-electron chi connectivity index (χ3n) is 3.63. The first-order valence-electron chi connectivity index (χ1n) is 8.00. The molecule has 1 aromatic heterocycles. The first-order valence-corrected chi connectivity index (χ1v) is 8.82. The van der Waals surface area contributed by atoms with Gasteiger partial charge >= 0.3 is 11.0 Å². The lowest BCUT2D eigenvalue weighted by molar-refractivity contribution is -0.380. The molecular weight excluding hydrogens is 356 g/mol. The van der Waals surface area contributed by atoms with Crippen LogP contribution in [0.2, 0.25) is 0 Å². The summed E-state index contributed by atoms with van der Waals surface area (Å²) in [5, 5.41) is 13.4. The number of benzene rings is 1. The van der Waals surface area contributed by atoms with Crippen LogP contribution in [0.15, 0.2) is 30.3 Å². The van der Waals surface area contributed by atoms with Crippen molar-refractivity contribution in [3.05, 3.63) is 57.1 Å². The van der Waals surface area contributed by atoms with Gasteiger partial charge in [0.2, 0.25) is 0 Å². The van der Waals surface area contributed by atoms with Gasteiger partial charge in [-0.05, 0) is 41.4 Å². The molecule has 0 unspecified atom stereocenters. The van der Waals surface area contributed by atoms with Crippen LogP contribution in [0, 0.1) is 10.1 Å². The molecule has 0 radical (unpaired) electrons. The molecule has 1 aromatic carbocycles. The van der Waals surface area contributed by atoms with E-state index in [4.69, 9.17) is 4.74 Å². The topological polar surface area (TPSA) is 98.5 Å². The van der Waals surface area contributed by atoms with E-state index in [1.54, 1.807) is 19.1 Å². The number of anilines is 1. The monoisotopic (exact) mass is 376 g/mol. The maximum Gasteiger partial charge on any atom is 0.341 e. The summed E-state index contributed by atoms with van der Waals surface area (Å²) in [6.07, 6.45) is 0. The van der Waals surface area contributed by atoms with Gasteiger partial charge in [0.05, 0.1) is 11.5 Å². The van der Waals surface area contributed by atoms with Crippen molar-refractivity contribution in [3.8, 4) is 0 Å². The molecule has 2 rings (SSSR count). The maximum atomic E-state index is 12.5. The Labute approximate surface area is 155 Å². The van der Waals surface area contributed by atoms with Crippen molar-refractivity contribution in [1.82, 2.24) is 0 Å². The third-order valence-corrected chi connectivity index (χ3v) is 4.64. The van der Waals surface area contributed by atoms with Crippen LogP contribution < -0.4 is 5.32 Å². The number of nitro groups is 1. The first kappa shape index (κ1) is 19.6. The molecule has 0 spiro atoms. The van der Waals surface area contributed by atoms with Gasteiger partial charge in [0, 0.05) is 11.6 Å². The standard InChI is InChI=1S/C18H20N2O5S/c1-5-25-17(22)13-10-14(20(23)24)26-16(13)19-15(21)11-6-8-12(9-7-11)18(2,3)4/h6-10H,5H2,1-4H3,(H,19,21). The highest BCUT2D eigenvalue weighted by Crippen LogP contribution is 2.34. The highest BCUT2D eigenvalue weighted by atomic mass is 32.1. The SMILES string of the molecule is CCOC(=O)c1cc([N+](=O)[O-])sc1NC(=O)c1ccc(C(C)(C)C)cc1. The van der Waals surface area contributed by atoms with E-state index in [9.17, 15) is 19.7 Å². The second kappa shape index (κ2) is 7.65. The zero-order chi connectivity index (χ0) is 19.5. The van der Waals surface area contributed by atoms with Crippen LogP contribution in [0.25, 0.3) is 0 Å². The quantitative estimate of drug-likeness (QED) is 0.474. The van der Waals surface area contributed by atoms with Crippen molar-refractivity contribution < 1.29 is 19.2 Å². The number of carbonyl (C=O) groups is 2. The minimum Gasteiger partial charge on any atom is -0.462 e. The number of nitrogens with zero attached hydrogens (tertiary/aromatic N) is 1. The molecule has 0 atom stereocenters. The van der Waals surface area contributed by atoms with Gasteiger partial charge in [0.15, 0.2) is 0 Å². The fourth-order valence-electron chi connectivity index (χ4n) is 2.22. The molecule has 0 saturated carbocycles. The number of hydrogen-bond donors (Lipinski definition) is 1. The predicted octanol–water partition coefficient (Wildman–Crippen LogP) is 4.38. The number of thiophene rings is 1. The highest BCUT2D eigenvalue weighted by molar-refractivity contribution is 7.19. The molecule has 0 saturated heterocycles. The van der Waals surface area contributed by atoms with E-state index in [0.717, 1.165) is 23.0 Å². The first-order chi connectivity index (χ1) is 12.1. The molecule has 0 aliphatic heterocycles. The predicted molar refractivity (Wildman–Crippen MR) is 100 cm³/mol. The van der Waals surface area contributed by atoms with Gasteiger partial charge in [-0.2, -0.15) is 0 Å². The number of nitrogens with one attached hydrogen (secondary N) is 1. The Kier molecular flexibility index (Phi) is 5.76. The fourth-order valence-corrected chi connectivity index (χ4v) is 3.07. The summed E-state index contributed by atoms with van der Waals surface area (Å²) in [5.74, 6) is -1.16. The average Bonchev–Trinajstić information content (AvgIpc) is 2.98. The number of amides is 1. The Morgan fingerprint density at radius 1 is 1.23 bits per heavy atom. The smallest absolute Gasteiger partial charge is 0.341 e. The highest BCUT2D eigenvalue weighted by Gasteiger charge is 2.24. The second-order valence-electron chi connectivity index (χ2n) is 6.59. The summed E-state index contributed by atoms with van der Waals surface area (Å²) in [6.45, 7) is 7.97. The minimum absolute atomic E-state index is 0.0248. The van der Waals surface area contributed by atoms with Crippen LogP contribution in [-0.2, 0) is 10.2 Å². The molecular formula is C18H20N2O5S. The molecule has 0 bridgehead atoms. The molecule has 7 nitrogen and oxygen atoms in total. The summed E-state index contributed by atoms with van der Waals surface area (Å²) in [5.41, 5.74) is 1.40. The summed E-state index contributed by atoms with van der Waals surface area (Å²) in [7, 11) is 0. The molecule has 0 aliphatic rings. The van der Waals surface area contributed by atoms with Crippen molar-refractivity contribution in [2.24, 2.45) is 0 Å². The van der Waals surface area contributed by atoms with Crippen molar-refractivity contribution in [2.45, 2.75) is 33.1 Å². The van der Waals surface area contributed by atoms with Crippen molar-refractivity contribution in [2.75, 3.05) is 11.9 Å². The van der Waals surface area contributed by atoms with Gasteiger partial charge in [-0.3, -0.25) is 14.9 Å². The number of ether oxygens (including phenoxy) is 1. The second-order valence-corrected chi connectivity index (χ2v) is 7.62. The van der Waals surface area contributed by atoms with Crippen molar-refractivity contribution in [3.63, 3.8) is 0 Å². The van der Waals surface area contributed by atoms with Gasteiger partial charge in [-0.25, -0.2) is 4.79 Å². The van der Waals surface area contributed by atoms with Crippen LogP contribution in [0.4, 0.5) is 10.0 Å². The van der Waals surface area contributed by atoms with E-state index in [2.05, 4.69) is 26.1 Å². The zero-order valence-corrected chi connectivity index (χ0v) is 15.8. The van der Waals surface area contributed by atoms with Crippen LogP contribution in [0.1, 0.15) is 54.0 Å². The summed E-state index contributed by atoms with van der Waals surface area (Å²) >= 11 is 0.720. The van der Waals surface area contributed by atoms with Gasteiger partial charge < -0.3 is 10.1 Å². The molecule has 0 fully saturated rings. The molecule has 138 valence electrons. The van der Waals surface area contributed by atoms with E-state index in [0.29, 0.717) is 5.56 Å². The van der Waals surface area contributed by atoms with Crippen molar-refractivity contribution in [1.29, 1.82) is 0 Å². The Morgan fingerprint density at radius 2 is 1.85 bits per heavy atom. The molecule has 1 heterocycles. The summed E-state index contributed by atoms with van der Waals surface area (Å²) in [4.78, 5) is 34.8. The molecule has 8 heteroatoms. The zero-order valence-electron chi connectivity index (χ0n) is 15.0. The molecule has 1 N–H and O–H groups in total. The summed E-state index contributed by atoms with van der Waals surface area (Å²) < 4.78 is 4.90. The van der Waals surface area contributed by atoms with Crippen LogP contribution in [-0.4, -0.2) is 23.4 Å². The molecule has 2 aromatic rings. The Morgan fingerprint density at radius 3 is 2.35 bits per heavy atom. The van der Waals surface area contributed by atoms with Gasteiger partial charge in [-0.15, -0.1) is 0 Å². The Hall–Kier alpha value is -2.74. The number of rotatable bonds is 5. The van der Waals surface area contributed by atoms with Crippen LogP contribution in [0.3, 0.4) is 0 Å². The number of carbonyl (C=O) groups excluding carboxylic acids is 2.